The first-order valence-corrected chi connectivity index (χ1v) is 13.4. The Balaban J connectivity index is 0.000000152. The van der Waals surface area contributed by atoms with Crippen molar-refractivity contribution in [3.05, 3.63) is 76.2 Å². The first-order valence-electron chi connectivity index (χ1n) is 10.2. The predicted octanol–water partition coefficient (Wildman–Crippen LogP) is 7.63. The number of hydrogen-bond acceptors (Lipinski definition) is 6. The molecular formula is C24H24Br2N4O2S2. The van der Waals surface area contributed by atoms with E-state index in [4.69, 9.17) is 9.47 Å². The number of aromatic nitrogens is 4. The van der Waals surface area contributed by atoms with Crippen molar-refractivity contribution in [2.24, 2.45) is 0 Å². The number of halogens is 2. The monoisotopic (exact) mass is 622 g/mol. The fourth-order valence-corrected chi connectivity index (χ4v) is 4.60. The zero-order valence-electron chi connectivity index (χ0n) is 18.8. The number of methoxy groups -OCH3 is 1. The van der Waals surface area contributed by atoms with Crippen molar-refractivity contribution in [2.75, 3.05) is 20.0 Å². The van der Waals surface area contributed by atoms with Crippen LogP contribution in [0, 0.1) is 0 Å². The smallest absolute Gasteiger partial charge is 0.239 e. The number of nitrogens with one attached hydrogen (secondary N) is 1. The number of thiol groups is 1. The van der Waals surface area contributed by atoms with Gasteiger partial charge in [-0.1, -0.05) is 18.2 Å². The van der Waals surface area contributed by atoms with Crippen molar-refractivity contribution in [1.82, 2.24) is 18.9 Å². The Labute approximate surface area is 225 Å². The molecule has 6 nitrogen and oxygen atoms in total. The molecule has 10 heteroatoms. The van der Waals surface area contributed by atoms with Gasteiger partial charge in [0.05, 0.1) is 13.7 Å². The van der Waals surface area contributed by atoms with Crippen LogP contribution in [0.5, 0.6) is 11.8 Å². The molecule has 0 atom stereocenters. The summed E-state index contributed by atoms with van der Waals surface area (Å²) < 4.78 is 14.6. The lowest BCUT2D eigenvalue weighted by atomic mass is 10.3. The first-order chi connectivity index (χ1) is 16.5. The molecule has 0 aliphatic rings. The summed E-state index contributed by atoms with van der Waals surface area (Å²) in [5.74, 6) is 1.31. The lowest BCUT2D eigenvalue weighted by molar-refractivity contribution is 0.330. The number of benzene rings is 1. The third-order valence-corrected chi connectivity index (χ3v) is 6.81. The van der Waals surface area contributed by atoms with Crippen LogP contribution >= 0.6 is 56.4 Å². The van der Waals surface area contributed by atoms with E-state index in [1.807, 2.05) is 62.0 Å². The minimum Gasteiger partial charge on any atom is -0.479 e. The minimum absolute atomic E-state index is 0.623. The molecule has 0 fully saturated rings. The van der Waals surface area contributed by atoms with Gasteiger partial charge in [0.1, 0.15) is 11.0 Å². The van der Waals surface area contributed by atoms with E-state index in [9.17, 15) is 0 Å². The van der Waals surface area contributed by atoms with Crippen molar-refractivity contribution in [3.8, 4) is 11.8 Å². The van der Waals surface area contributed by atoms with Gasteiger partial charge in [-0.3, -0.25) is 3.97 Å². The van der Waals surface area contributed by atoms with Gasteiger partial charge in [-0.25, -0.2) is 9.97 Å². The maximum Gasteiger partial charge on any atom is 0.239 e. The second kappa shape index (κ2) is 13.1. The normalized spacial score (nSPS) is 10.3. The summed E-state index contributed by atoms with van der Waals surface area (Å²) in [7, 11) is 1.61. The van der Waals surface area contributed by atoms with Crippen LogP contribution in [0.25, 0.3) is 21.8 Å². The molecule has 4 aromatic heterocycles. The molecule has 0 unspecified atom stereocenters. The van der Waals surface area contributed by atoms with Gasteiger partial charge in [0, 0.05) is 55.7 Å². The van der Waals surface area contributed by atoms with Crippen LogP contribution in [0.3, 0.4) is 0 Å². The predicted molar refractivity (Wildman–Crippen MR) is 152 cm³/mol. The van der Waals surface area contributed by atoms with E-state index in [0.29, 0.717) is 18.4 Å². The molecule has 34 heavy (non-hydrogen) atoms. The number of pyridine rings is 2. The number of hydrogen-bond donors (Lipinski definition) is 2. The van der Waals surface area contributed by atoms with E-state index >= 15 is 0 Å². The van der Waals surface area contributed by atoms with Crippen molar-refractivity contribution < 1.29 is 9.47 Å². The Morgan fingerprint density at radius 2 is 1.68 bits per heavy atom. The van der Waals surface area contributed by atoms with Crippen molar-refractivity contribution in [1.29, 1.82) is 0 Å². The third kappa shape index (κ3) is 6.50. The Hall–Kier alpha value is -2.14. The fourth-order valence-electron chi connectivity index (χ4n) is 3.03. The van der Waals surface area contributed by atoms with Crippen molar-refractivity contribution in [2.45, 2.75) is 11.8 Å². The highest BCUT2D eigenvalue weighted by molar-refractivity contribution is 9.11. The van der Waals surface area contributed by atoms with Crippen LogP contribution in [-0.2, 0) is 0 Å². The molecule has 1 aromatic carbocycles. The molecule has 1 N–H and O–H groups in total. The van der Waals surface area contributed by atoms with Gasteiger partial charge in [-0.2, -0.15) is 0 Å². The molecule has 0 amide bonds. The van der Waals surface area contributed by atoms with Crippen LogP contribution in [0.1, 0.15) is 6.92 Å². The van der Waals surface area contributed by atoms with E-state index in [1.165, 1.54) is 0 Å². The molecule has 0 aliphatic heterocycles. The number of ether oxygens (including phenoxy) is 2. The van der Waals surface area contributed by atoms with E-state index in [0.717, 1.165) is 35.6 Å². The minimum atomic E-state index is 0.623. The zero-order valence-corrected chi connectivity index (χ0v) is 23.7. The maximum atomic E-state index is 5.51. The molecule has 178 valence electrons. The molecule has 5 aromatic rings. The Morgan fingerprint density at radius 3 is 2.26 bits per heavy atom. The lowest BCUT2D eigenvalue weighted by Gasteiger charge is -2.07. The average Bonchev–Trinajstić information content (AvgIpc) is 3.51. The Bertz CT molecular complexity index is 1340. The van der Waals surface area contributed by atoms with Crippen LogP contribution < -0.4 is 9.47 Å². The third-order valence-electron chi connectivity index (χ3n) is 4.55. The standard InChI is InChI=1S/C10H11BrN2OS.C8H7BrN2O.C6H6S/c1-3-14-10-9-7(8(11)6-12-10)4-5-13(9)15-2;1-12-8-7-5(2-3-10-7)6(9)4-11-8;7-6-4-2-1-3-5-6/h4-6H,3H2,1-2H3;2-4,10H,1H3;1-5,7H. The topological polar surface area (TPSA) is 65.0 Å². The molecule has 0 saturated heterocycles. The second-order valence-corrected chi connectivity index (χ2v) is 9.63. The second-order valence-electron chi connectivity index (χ2n) is 6.65. The Kier molecular flexibility index (Phi) is 10.2. The van der Waals surface area contributed by atoms with Gasteiger partial charge in [-0.05, 0) is 75.0 Å². The average molecular weight is 624 g/mol. The summed E-state index contributed by atoms with van der Waals surface area (Å²) in [4.78, 5) is 12.4. The quantitative estimate of drug-likeness (QED) is 0.202. The molecular weight excluding hydrogens is 600 g/mol. The van der Waals surface area contributed by atoms with E-state index < -0.39 is 0 Å². The summed E-state index contributed by atoms with van der Waals surface area (Å²) in [6.45, 7) is 2.59. The summed E-state index contributed by atoms with van der Waals surface area (Å²) in [5.41, 5.74) is 1.95. The van der Waals surface area contributed by atoms with Gasteiger partial charge in [0.15, 0.2) is 0 Å². The van der Waals surface area contributed by atoms with Crippen LogP contribution in [-0.4, -0.2) is 38.9 Å². The molecule has 0 radical (unpaired) electrons. The van der Waals surface area contributed by atoms with E-state index in [2.05, 4.69) is 69.5 Å². The first kappa shape index (κ1) is 26.5. The lowest BCUT2D eigenvalue weighted by Crippen LogP contribution is -1.97. The summed E-state index contributed by atoms with van der Waals surface area (Å²) in [5, 5.41) is 2.21. The maximum absolute atomic E-state index is 5.51. The zero-order chi connectivity index (χ0) is 24.5. The number of fused-ring (bicyclic) bond motifs is 2. The summed E-state index contributed by atoms with van der Waals surface area (Å²) in [6, 6.07) is 13.8. The number of nitrogens with zero attached hydrogens (tertiary/aromatic N) is 3. The van der Waals surface area contributed by atoms with Gasteiger partial charge in [0.25, 0.3) is 0 Å². The van der Waals surface area contributed by atoms with Crippen LogP contribution in [0.15, 0.2) is 81.1 Å². The highest BCUT2D eigenvalue weighted by Crippen LogP contribution is 2.32. The van der Waals surface area contributed by atoms with Gasteiger partial charge >= 0.3 is 0 Å². The number of aromatic amines is 1. The molecule has 4 heterocycles. The molecule has 0 bridgehead atoms. The summed E-state index contributed by atoms with van der Waals surface area (Å²) >= 11 is 12.6. The molecule has 0 aliphatic carbocycles. The SMILES string of the molecule is CCOc1ncc(Br)c2ccn(SC)c12.COc1ncc(Br)c2cc[nH]c12.Sc1ccccc1. The van der Waals surface area contributed by atoms with Gasteiger partial charge in [0.2, 0.25) is 11.8 Å². The van der Waals surface area contributed by atoms with Crippen molar-refractivity contribution in [3.63, 3.8) is 0 Å². The van der Waals surface area contributed by atoms with Crippen LogP contribution in [0.4, 0.5) is 0 Å². The van der Waals surface area contributed by atoms with Gasteiger partial charge in [-0.15, -0.1) is 12.6 Å². The van der Waals surface area contributed by atoms with E-state index in [1.54, 1.807) is 31.5 Å². The highest BCUT2D eigenvalue weighted by atomic mass is 79.9. The number of rotatable bonds is 4. The largest absolute Gasteiger partial charge is 0.479 e. The molecule has 0 saturated carbocycles. The Morgan fingerprint density at radius 1 is 1.00 bits per heavy atom. The molecule has 5 rings (SSSR count). The number of H-pyrrole nitrogens is 1. The summed E-state index contributed by atoms with van der Waals surface area (Å²) in [6.07, 6.45) is 9.41. The highest BCUT2D eigenvalue weighted by Gasteiger charge is 2.11. The fraction of sp³-hybridized carbons (Fsp3) is 0.167. The molecule has 0 spiro atoms. The van der Waals surface area contributed by atoms with Crippen LogP contribution in [0.2, 0.25) is 0 Å². The van der Waals surface area contributed by atoms with E-state index in [-0.39, 0.29) is 0 Å². The van der Waals surface area contributed by atoms with Crippen molar-refractivity contribution >= 4 is 78.2 Å². The van der Waals surface area contributed by atoms with Gasteiger partial charge < -0.3 is 14.5 Å².